The predicted molar refractivity (Wildman–Crippen MR) is 121 cm³/mol. The van der Waals surface area contributed by atoms with Gasteiger partial charge in [0.15, 0.2) is 0 Å². The topological polar surface area (TPSA) is 97.1 Å². The molecule has 2 atom stereocenters. The SMILES string of the molecule is COc1cc(N)c(Cl)cc1C(=O)N[C@@H]1CCN(CC2CCN(C(C)=O)CC2)C[C@@H]1OC. The van der Waals surface area contributed by atoms with Gasteiger partial charge in [0, 0.05) is 52.8 Å². The molecule has 2 heterocycles. The van der Waals surface area contributed by atoms with Crippen molar-refractivity contribution < 1.29 is 19.1 Å². The van der Waals surface area contributed by atoms with E-state index >= 15 is 0 Å². The molecule has 8 nitrogen and oxygen atoms in total. The van der Waals surface area contributed by atoms with Crippen LogP contribution < -0.4 is 15.8 Å². The third-order valence-electron chi connectivity index (χ3n) is 6.40. The van der Waals surface area contributed by atoms with Gasteiger partial charge < -0.3 is 30.3 Å². The van der Waals surface area contributed by atoms with Gasteiger partial charge in [-0.3, -0.25) is 9.59 Å². The lowest BCUT2D eigenvalue weighted by Gasteiger charge is -2.41. The Balaban J connectivity index is 1.56. The smallest absolute Gasteiger partial charge is 0.255 e. The Hall–Kier alpha value is -2.03. The van der Waals surface area contributed by atoms with Crippen molar-refractivity contribution in [3.8, 4) is 5.75 Å². The number of anilines is 1. The summed E-state index contributed by atoms with van der Waals surface area (Å²) in [6.45, 7) is 5.95. The van der Waals surface area contributed by atoms with Crippen LogP contribution in [-0.4, -0.2) is 80.7 Å². The molecule has 172 valence electrons. The molecule has 1 aromatic rings. The second-order valence-corrected chi connectivity index (χ2v) is 8.83. The number of nitrogens with one attached hydrogen (secondary N) is 1. The van der Waals surface area contributed by atoms with Gasteiger partial charge in [-0.05, 0) is 31.2 Å². The van der Waals surface area contributed by atoms with Gasteiger partial charge in [0.1, 0.15) is 5.75 Å². The number of nitrogen functional groups attached to an aromatic ring is 1. The van der Waals surface area contributed by atoms with Gasteiger partial charge in [0.25, 0.3) is 5.91 Å². The minimum Gasteiger partial charge on any atom is -0.496 e. The molecule has 9 heteroatoms. The van der Waals surface area contributed by atoms with E-state index in [1.54, 1.807) is 20.1 Å². The Morgan fingerprint density at radius 3 is 2.52 bits per heavy atom. The molecule has 0 bridgehead atoms. The number of nitrogens with zero attached hydrogens (tertiary/aromatic N) is 2. The Morgan fingerprint density at radius 1 is 1.19 bits per heavy atom. The number of piperidine rings is 2. The molecule has 3 rings (SSSR count). The Bertz CT molecular complexity index is 798. The Kier molecular flexibility index (Phi) is 8.02. The quantitative estimate of drug-likeness (QED) is 0.641. The van der Waals surface area contributed by atoms with Crippen LogP contribution in [-0.2, 0) is 9.53 Å². The van der Waals surface area contributed by atoms with Crippen molar-refractivity contribution in [2.75, 3.05) is 52.7 Å². The summed E-state index contributed by atoms with van der Waals surface area (Å²) in [4.78, 5) is 28.8. The fourth-order valence-corrected chi connectivity index (χ4v) is 4.67. The molecule has 0 radical (unpaired) electrons. The number of carbonyl (C=O) groups excluding carboxylic acids is 2. The van der Waals surface area contributed by atoms with Gasteiger partial charge in [0.2, 0.25) is 5.91 Å². The average Bonchev–Trinajstić information content (AvgIpc) is 2.76. The third kappa shape index (κ3) is 5.81. The van der Waals surface area contributed by atoms with Crippen molar-refractivity contribution in [3.05, 3.63) is 22.7 Å². The van der Waals surface area contributed by atoms with Crippen LogP contribution in [0.5, 0.6) is 5.75 Å². The number of carbonyl (C=O) groups is 2. The lowest BCUT2D eigenvalue weighted by atomic mass is 9.94. The summed E-state index contributed by atoms with van der Waals surface area (Å²) in [5.41, 5.74) is 6.54. The number of likely N-dealkylation sites (tertiary alicyclic amines) is 2. The predicted octanol–water partition coefficient (Wildman–Crippen LogP) is 2.01. The fraction of sp³-hybridized carbons (Fsp3) is 0.636. The summed E-state index contributed by atoms with van der Waals surface area (Å²) in [7, 11) is 3.18. The van der Waals surface area contributed by atoms with Crippen LogP contribution in [0.15, 0.2) is 12.1 Å². The molecular formula is C22H33ClN4O4. The second kappa shape index (κ2) is 10.5. The van der Waals surface area contributed by atoms with Gasteiger partial charge in [-0.2, -0.15) is 0 Å². The molecule has 2 aliphatic heterocycles. The first-order valence-electron chi connectivity index (χ1n) is 10.8. The first kappa shape index (κ1) is 23.6. The van der Waals surface area contributed by atoms with Crippen LogP contribution in [0.1, 0.15) is 36.5 Å². The van der Waals surface area contributed by atoms with Crippen molar-refractivity contribution >= 4 is 29.1 Å². The molecule has 2 aliphatic rings. The van der Waals surface area contributed by atoms with E-state index in [2.05, 4.69) is 10.2 Å². The van der Waals surface area contributed by atoms with Crippen molar-refractivity contribution in [3.63, 3.8) is 0 Å². The normalized spacial score (nSPS) is 22.9. The lowest BCUT2D eigenvalue weighted by molar-refractivity contribution is -0.130. The maximum Gasteiger partial charge on any atom is 0.255 e. The van der Waals surface area contributed by atoms with E-state index in [0.29, 0.717) is 27.9 Å². The molecule has 0 aliphatic carbocycles. The van der Waals surface area contributed by atoms with E-state index in [9.17, 15) is 9.59 Å². The minimum atomic E-state index is -0.254. The highest BCUT2D eigenvalue weighted by Crippen LogP contribution is 2.29. The summed E-state index contributed by atoms with van der Waals surface area (Å²) < 4.78 is 11.0. The Labute approximate surface area is 189 Å². The molecule has 1 aromatic carbocycles. The van der Waals surface area contributed by atoms with Crippen LogP contribution >= 0.6 is 11.6 Å². The van der Waals surface area contributed by atoms with E-state index in [-0.39, 0.29) is 24.0 Å². The third-order valence-corrected chi connectivity index (χ3v) is 6.73. The largest absolute Gasteiger partial charge is 0.496 e. The van der Waals surface area contributed by atoms with Gasteiger partial charge in [0.05, 0.1) is 35.5 Å². The lowest BCUT2D eigenvalue weighted by Crippen LogP contribution is -2.55. The van der Waals surface area contributed by atoms with Gasteiger partial charge in [-0.25, -0.2) is 0 Å². The van der Waals surface area contributed by atoms with Gasteiger partial charge in [-0.15, -0.1) is 0 Å². The standard InChI is InChI=1S/C22H33ClN4O4/c1-14(28)27-8-4-15(5-9-27)12-26-7-6-19(21(13-26)31-3)25-22(29)16-10-17(23)18(24)11-20(16)30-2/h10-11,15,19,21H,4-9,12-13,24H2,1-3H3,(H,25,29)/t19-,21+/m1/s1. The number of amides is 2. The highest BCUT2D eigenvalue weighted by molar-refractivity contribution is 6.33. The molecule has 2 saturated heterocycles. The zero-order valence-electron chi connectivity index (χ0n) is 18.5. The zero-order valence-corrected chi connectivity index (χ0v) is 19.3. The maximum absolute atomic E-state index is 12.9. The number of hydrogen-bond acceptors (Lipinski definition) is 6. The molecule has 0 spiro atoms. The molecule has 2 fully saturated rings. The first-order chi connectivity index (χ1) is 14.8. The van der Waals surface area contributed by atoms with Crippen molar-refractivity contribution in [1.29, 1.82) is 0 Å². The van der Waals surface area contributed by atoms with E-state index in [1.165, 1.54) is 13.2 Å². The van der Waals surface area contributed by atoms with Gasteiger partial charge in [-0.1, -0.05) is 11.6 Å². The van der Waals surface area contributed by atoms with Crippen molar-refractivity contribution in [2.45, 2.75) is 38.3 Å². The molecule has 2 amide bonds. The first-order valence-corrected chi connectivity index (χ1v) is 11.1. The van der Waals surface area contributed by atoms with Crippen molar-refractivity contribution in [2.24, 2.45) is 5.92 Å². The maximum atomic E-state index is 12.9. The number of methoxy groups -OCH3 is 2. The van der Waals surface area contributed by atoms with E-state index in [1.807, 2.05) is 4.90 Å². The highest BCUT2D eigenvalue weighted by Gasteiger charge is 2.33. The summed E-state index contributed by atoms with van der Waals surface area (Å²) in [6.07, 6.45) is 2.75. The number of rotatable bonds is 6. The molecule has 31 heavy (non-hydrogen) atoms. The highest BCUT2D eigenvalue weighted by atomic mass is 35.5. The number of benzene rings is 1. The monoisotopic (exact) mass is 452 g/mol. The second-order valence-electron chi connectivity index (χ2n) is 8.43. The van der Waals surface area contributed by atoms with Crippen LogP contribution in [0.25, 0.3) is 0 Å². The summed E-state index contributed by atoms with van der Waals surface area (Å²) in [5, 5.41) is 3.41. The molecule has 0 saturated carbocycles. The minimum absolute atomic E-state index is 0.102. The van der Waals surface area contributed by atoms with Crippen LogP contribution in [0.4, 0.5) is 5.69 Å². The van der Waals surface area contributed by atoms with E-state index in [4.69, 9.17) is 26.8 Å². The van der Waals surface area contributed by atoms with E-state index in [0.717, 1.165) is 52.0 Å². The van der Waals surface area contributed by atoms with Crippen LogP contribution in [0.3, 0.4) is 0 Å². The van der Waals surface area contributed by atoms with E-state index < -0.39 is 0 Å². The fourth-order valence-electron chi connectivity index (χ4n) is 4.51. The Morgan fingerprint density at radius 2 is 1.90 bits per heavy atom. The average molecular weight is 453 g/mol. The number of ether oxygens (including phenoxy) is 2. The number of halogens is 1. The van der Waals surface area contributed by atoms with Gasteiger partial charge >= 0.3 is 0 Å². The van der Waals surface area contributed by atoms with Crippen LogP contribution in [0.2, 0.25) is 5.02 Å². The van der Waals surface area contributed by atoms with Crippen LogP contribution in [0, 0.1) is 5.92 Å². The molecular weight excluding hydrogens is 420 g/mol. The summed E-state index contributed by atoms with van der Waals surface area (Å²) in [5.74, 6) is 0.882. The molecule has 0 unspecified atom stereocenters. The molecule has 0 aromatic heterocycles. The number of nitrogens with two attached hydrogens (primary N) is 1. The molecule has 3 N–H and O–H groups in total. The summed E-state index contributed by atoms with van der Waals surface area (Å²) >= 11 is 6.11. The zero-order chi connectivity index (χ0) is 22.5. The van der Waals surface area contributed by atoms with Crippen molar-refractivity contribution in [1.82, 2.24) is 15.1 Å². The number of hydrogen-bond donors (Lipinski definition) is 2. The summed E-state index contributed by atoms with van der Waals surface area (Å²) in [6, 6.07) is 3.00.